The Morgan fingerprint density at radius 1 is 1.44 bits per heavy atom. The van der Waals surface area contributed by atoms with Crippen LogP contribution in [0, 0.1) is 0 Å². The number of benzene rings is 1. The van der Waals surface area contributed by atoms with Crippen LogP contribution < -0.4 is 15.4 Å². The van der Waals surface area contributed by atoms with Gasteiger partial charge in [-0.3, -0.25) is 4.99 Å². The lowest BCUT2D eigenvalue weighted by molar-refractivity contribution is -0.137. The summed E-state index contributed by atoms with van der Waals surface area (Å²) in [5.41, 5.74) is -0.781. The molecule has 2 rings (SSSR count). The van der Waals surface area contributed by atoms with Gasteiger partial charge in [0.1, 0.15) is 18.5 Å². The van der Waals surface area contributed by atoms with E-state index >= 15 is 0 Å². The van der Waals surface area contributed by atoms with Gasteiger partial charge in [0, 0.05) is 18.3 Å². The number of halogens is 3. The van der Waals surface area contributed by atoms with Crippen LogP contribution in [0.1, 0.15) is 25.3 Å². The van der Waals surface area contributed by atoms with Gasteiger partial charge < -0.3 is 20.5 Å². The third-order valence-corrected chi connectivity index (χ3v) is 5.12. The number of ether oxygens (including phenoxy) is 1. The highest BCUT2D eigenvalue weighted by molar-refractivity contribution is 7.99. The molecular weight excluding hydrogens is 379 g/mol. The molecule has 0 saturated carbocycles. The normalized spacial score (nSPS) is 19.4. The Balaban J connectivity index is 1.83. The summed E-state index contributed by atoms with van der Waals surface area (Å²) in [4.78, 5) is 4.35. The zero-order valence-corrected chi connectivity index (χ0v) is 16.1. The predicted molar refractivity (Wildman–Crippen MR) is 102 cm³/mol. The molecule has 0 bridgehead atoms. The Morgan fingerprint density at radius 3 is 2.93 bits per heavy atom. The maximum atomic E-state index is 12.7. The Hall–Kier alpha value is -1.61. The molecule has 1 aromatic rings. The van der Waals surface area contributed by atoms with Gasteiger partial charge in [0.25, 0.3) is 0 Å². The van der Waals surface area contributed by atoms with Crippen LogP contribution in [-0.2, 0) is 6.18 Å². The zero-order chi connectivity index (χ0) is 19.7. The lowest BCUT2D eigenvalue weighted by Crippen LogP contribution is -2.46. The number of nitrogens with one attached hydrogen (secondary N) is 2. The van der Waals surface area contributed by atoms with E-state index < -0.39 is 17.8 Å². The molecule has 1 aromatic carbocycles. The van der Waals surface area contributed by atoms with Crippen molar-refractivity contribution in [1.82, 2.24) is 10.6 Å². The van der Waals surface area contributed by atoms with E-state index in [0.29, 0.717) is 18.5 Å². The molecule has 9 heteroatoms. The molecule has 5 nitrogen and oxygen atoms in total. The predicted octanol–water partition coefficient (Wildman–Crippen LogP) is 2.90. The van der Waals surface area contributed by atoms with Gasteiger partial charge in [-0.2, -0.15) is 24.9 Å². The van der Waals surface area contributed by atoms with Crippen molar-refractivity contribution in [2.45, 2.75) is 38.1 Å². The number of rotatable bonds is 7. The number of guanidine groups is 1. The summed E-state index contributed by atoms with van der Waals surface area (Å²) in [5, 5.41) is 16.5. The number of thioether (sulfide) groups is 1. The summed E-state index contributed by atoms with van der Waals surface area (Å²) < 4.78 is 43.4. The second-order valence-electron chi connectivity index (χ2n) is 6.27. The van der Waals surface area contributed by atoms with E-state index in [-0.39, 0.29) is 18.9 Å². The molecule has 1 aliphatic heterocycles. The lowest BCUT2D eigenvalue weighted by atomic mass is 10.2. The van der Waals surface area contributed by atoms with Crippen LogP contribution in [0.25, 0.3) is 0 Å². The van der Waals surface area contributed by atoms with Crippen molar-refractivity contribution in [2.24, 2.45) is 4.99 Å². The molecule has 152 valence electrons. The molecule has 0 aromatic heterocycles. The highest BCUT2D eigenvalue weighted by Gasteiger charge is 2.30. The largest absolute Gasteiger partial charge is 0.491 e. The van der Waals surface area contributed by atoms with Crippen LogP contribution in [-0.4, -0.2) is 54.4 Å². The number of alkyl halides is 3. The average molecular weight is 405 g/mol. The van der Waals surface area contributed by atoms with Crippen molar-refractivity contribution in [2.75, 3.05) is 31.2 Å². The third-order valence-electron chi connectivity index (χ3n) is 3.91. The van der Waals surface area contributed by atoms with Crippen LogP contribution in [0.4, 0.5) is 13.2 Å². The first-order valence-electron chi connectivity index (χ1n) is 8.99. The first-order valence-corrected chi connectivity index (χ1v) is 10.1. The Bertz CT molecular complexity index is 608. The lowest BCUT2D eigenvalue weighted by Gasteiger charge is -2.24. The van der Waals surface area contributed by atoms with Gasteiger partial charge in [0.15, 0.2) is 5.96 Å². The van der Waals surface area contributed by atoms with Gasteiger partial charge in [-0.1, -0.05) is 6.07 Å². The average Bonchev–Trinajstić information content (AvgIpc) is 2.65. The SMILES string of the molecule is CCNC(=NCC(O)COc1cccc(C(F)(F)F)c1)NC1CCCSC1. The number of hydrogen-bond acceptors (Lipinski definition) is 4. The fourth-order valence-electron chi connectivity index (χ4n) is 2.57. The molecule has 1 heterocycles. The summed E-state index contributed by atoms with van der Waals surface area (Å²) in [6, 6.07) is 4.95. The molecule has 3 N–H and O–H groups in total. The van der Waals surface area contributed by atoms with Gasteiger partial charge in [-0.15, -0.1) is 0 Å². The number of hydrogen-bond donors (Lipinski definition) is 3. The summed E-state index contributed by atoms with van der Waals surface area (Å²) in [5.74, 6) is 2.89. The van der Waals surface area contributed by atoms with Crippen molar-refractivity contribution in [1.29, 1.82) is 0 Å². The van der Waals surface area contributed by atoms with E-state index in [1.807, 2.05) is 18.7 Å². The third kappa shape index (κ3) is 7.88. The molecule has 2 unspecified atom stereocenters. The summed E-state index contributed by atoms with van der Waals surface area (Å²) in [7, 11) is 0. The first kappa shape index (κ1) is 21.7. The monoisotopic (exact) mass is 405 g/mol. The second kappa shape index (κ2) is 10.7. The Kier molecular flexibility index (Phi) is 8.56. The van der Waals surface area contributed by atoms with E-state index in [4.69, 9.17) is 4.74 Å². The highest BCUT2D eigenvalue weighted by atomic mass is 32.2. The van der Waals surface area contributed by atoms with Gasteiger partial charge in [0.2, 0.25) is 0 Å². The molecule has 1 fully saturated rings. The quantitative estimate of drug-likeness (QED) is 0.481. The van der Waals surface area contributed by atoms with Crippen molar-refractivity contribution < 1.29 is 23.0 Å². The van der Waals surface area contributed by atoms with Crippen LogP contribution in [0.15, 0.2) is 29.3 Å². The van der Waals surface area contributed by atoms with Crippen molar-refractivity contribution in [3.63, 3.8) is 0 Å². The molecule has 2 atom stereocenters. The number of aliphatic hydroxyl groups is 1. The molecule has 0 aliphatic carbocycles. The van der Waals surface area contributed by atoms with Gasteiger partial charge >= 0.3 is 6.18 Å². The number of aliphatic imine (C=N–C) groups is 1. The molecular formula is C18H26F3N3O2S. The first-order chi connectivity index (χ1) is 12.9. The van der Waals surface area contributed by atoms with E-state index in [9.17, 15) is 18.3 Å². The van der Waals surface area contributed by atoms with Gasteiger partial charge in [-0.25, -0.2) is 0 Å². The van der Waals surface area contributed by atoms with Crippen LogP contribution in [0.3, 0.4) is 0 Å². The minimum Gasteiger partial charge on any atom is -0.491 e. The fraction of sp³-hybridized carbons (Fsp3) is 0.611. The standard InChI is InChI=1S/C18H26F3N3O2S/c1-2-22-17(24-14-6-4-8-27-12-14)23-10-15(25)11-26-16-7-3-5-13(9-16)18(19,20)21/h3,5,7,9,14-15,25H,2,4,6,8,10-12H2,1H3,(H2,22,23,24). The van der Waals surface area contributed by atoms with Gasteiger partial charge in [0.05, 0.1) is 12.1 Å². The summed E-state index contributed by atoms with van der Waals surface area (Å²) in [6.07, 6.45) is -3.10. The molecule has 27 heavy (non-hydrogen) atoms. The number of nitrogens with zero attached hydrogens (tertiary/aromatic N) is 1. The van der Waals surface area contributed by atoms with E-state index in [0.717, 1.165) is 30.7 Å². The second-order valence-corrected chi connectivity index (χ2v) is 7.42. The maximum absolute atomic E-state index is 12.7. The smallest absolute Gasteiger partial charge is 0.416 e. The molecule has 1 saturated heterocycles. The van der Waals surface area contributed by atoms with Crippen molar-refractivity contribution in [3.05, 3.63) is 29.8 Å². The topological polar surface area (TPSA) is 65.9 Å². The van der Waals surface area contributed by atoms with E-state index in [1.54, 1.807) is 0 Å². The van der Waals surface area contributed by atoms with Crippen LogP contribution >= 0.6 is 11.8 Å². The van der Waals surface area contributed by atoms with E-state index in [2.05, 4.69) is 15.6 Å². The summed E-state index contributed by atoms with van der Waals surface area (Å²) in [6.45, 7) is 2.61. The minimum absolute atomic E-state index is 0.0668. The number of aliphatic hydroxyl groups excluding tert-OH is 1. The molecule has 0 radical (unpaired) electrons. The Morgan fingerprint density at radius 2 is 2.26 bits per heavy atom. The van der Waals surface area contributed by atoms with Gasteiger partial charge in [-0.05, 0) is 43.7 Å². The molecule has 1 aliphatic rings. The van der Waals surface area contributed by atoms with E-state index in [1.165, 1.54) is 17.9 Å². The highest BCUT2D eigenvalue weighted by Crippen LogP contribution is 2.31. The molecule has 0 amide bonds. The summed E-state index contributed by atoms with van der Waals surface area (Å²) >= 11 is 1.90. The maximum Gasteiger partial charge on any atom is 0.416 e. The van der Waals surface area contributed by atoms with Crippen LogP contribution in [0.5, 0.6) is 5.75 Å². The Labute approximate surface area is 161 Å². The zero-order valence-electron chi connectivity index (χ0n) is 15.3. The van der Waals surface area contributed by atoms with Crippen LogP contribution in [0.2, 0.25) is 0 Å². The van der Waals surface area contributed by atoms with Crippen molar-refractivity contribution in [3.8, 4) is 5.75 Å². The van der Waals surface area contributed by atoms with Crippen molar-refractivity contribution >= 4 is 17.7 Å². The fourth-order valence-corrected chi connectivity index (χ4v) is 3.64. The molecule has 0 spiro atoms. The minimum atomic E-state index is -4.42.